The molecule has 56 valence electrons. The molecule has 0 saturated heterocycles. The fourth-order valence-electron chi connectivity index (χ4n) is 1.08. The Morgan fingerprint density at radius 3 is 3.27 bits per heavy atom. The Kier molecular flexibility index (Phi) is 1.32. The summed E-state index contributed by atoms with van der Waals surface area (Å²) in [5, 5.41) is 3.19. The van der Waals surface area contributed by atoms with E-state index < -0.39 is 0 Å². The van der Waals surface area contributed by atoms with Crippen molar-refractivity contribution in [3.63, 3.8) is 0 Å². The number of anilines is 1. The van der Waals surface area contributed by atoms with E-state index in [0.29, 0.717) is 17.3 Å². The minimum atomic E-state index is -0.0187. The Balaban J connectivity index is 2.51. The fraction of sp³-hybridized carbons (Fsp3) is 0.143. The van der Waals surface area contributed by atoms with Crippen LogP contribution in [0.5, 0.6) is 0 Å². The van der Waals surface area contributed by atoms with Crippen molar-refractivity contribution in [3.05, 3.63) is 22.8 Å². The van der Waals surface area contributed by atoms with Crippen LogP contribution in [0.4, 0.5) is 5.82 Å². The van der Waals surface area contributed by atoms with E-state index in [-0.39, 0.29) is 5.91 Å². The maximum absolute atomic E-state index is 10.8. The molecule has 1 aromatic heterocycles. The average molecular weight is 169 g/mol. The summed E-state index contributed by atoms with van der Waals surface area (Å²) in [4.78, 5) is 14.8. The molecule has 0 unspecified atom stereocenters. The molecule has 0 radical (unpaired) electrons. The molecule has 0 fully saturated rings. The van der Waals surface area contributed by atoms with Crippen LogP contribution in [0.15, 0.2) is 12.3 Å². The molecule has 0 aromatic carbocycles. The molecule has 0 spiro atoms. The van der Waals surface area contributed by atoms with Crippen molar-refractivity contribution in [3.8, 4) is 0 Å². The van der Waals surface area contributed by atoms with Gasteiger partial charge >= 0.3 is 0 Å². The molecule has 4 heteroatoms. The molecule has 1 aliphatic heterocycles. The van der Waals surface area contributed by atoms with Gasteiger partial charge in [-0.05, 0) is 6.07 Å². The monoisotopic (exact) mass is 168 g/mol. The maximum atomic E-state index is 10.8. The Hall–Kier alpha value is -1.09. The van der Waals surface area contributed by atoms with Crippen molar-refractivity contribution in [2.24, 2.45) is 0 Å². The van der Waals surface area contributed by atoms with Crippen LogP contribution < -0.4 is 5.32 Å². The molecule has 0 atom stereocenters. The molecule has 0 bridgehead atoms. The summed E-state index contributed by atoms with van der Waals surface area (Å²) in [6, 6.07) is 1.75. The van der Waals surface area contributed by atoms with Gasteiger partial charge in [0.1, 0.15) is 5.82 Å². The van der Waals surface area contributed by atoms with E-state index in [1.165, 1.54) is 6.20 Å². The van der Waals surface area contributed by atoms with Crippen molar-refractivity contribution in [1.29, 1.82) is 0 Å². The predicted octanol–water partition coefficient (Wildman–Crippen LogP) is 1.23. The molecular weight excluding hydrogens is 164 g/mol. The smallest absolute Gasteiger partial charge is 0.230 e. The van der Waals surface area contributed by atoms with Gasteiger partial charge in [-0.2, -0.15) is 0 Å². The van der Waals surface area contributed by atoms with E-state index in [2.05, 4.69) is 10.3 Å². The minimum absolute atomic E-state index is 0.0187. The number of hydrogen-bond donors (Lipinski definition) is 1. The number of halogens is 1. The number of aromatic nitrogens is 1. The molecule has 1 amide bonds. The van der Waals surface area contributed by atoms with Crippen molar-refractivity contribution in [2.45, 2.75) is 6.42 Å². The van der Waals surface area contributed by atoms with Gasteiger partial charge in [-0.3, -0.25) is 4.79 Å². The number of pyridine rings is 1. The summed E-state index contributed by atoms with van der Waals surface area (Å²) in [5.74, 6) is 0.620. The van der Waals surface area contributed by atoms with Crippen molar-refractivity contribution >= 4 is 23.3 Å². The third kappa shape index (κ3) is 1.07. The number of hydrogen-bond acceptors (Lipinski definition) is 2. The molecule has 0 saturated carbocycles. The third-order valence-electron chi connectivity index (χ3n) is 1.54. The lowest BCUT2D eigenvalue weighted by atomic mass is 10.2. The van der Waals surface area contributed by atoms with Gasteiger partial charge in [-0.1, -0.05) is 11.6 Å². The van der Waals surface area contributed by atoms with E-state index in [1.807, 2.05) is 0 Å². The first-order valence-corrected chi connectivity index (χ1v) is 3.58. The summed E-state index contributed by atoms with van der Waals surface area (Å²) in [5.41, 5.74) is 0.877. The second-order valence-electron chi connectivity index (χ2n) is 2.39. The Morgan fingerprint density at radius 1 is 1.64 bits per heavy atom. The van der Waals surface area contributed by atoms with Gasteiger partial charge in [0.15, 0.2) is 0 Å². The molecule has 2 heterocycles. The molecule has 1 aromatic rings. The number of rotatable bonds is 0. The van der Waals surface area contributed by atoms with E-state index in [4.69, 9.17) is 11.6 Å². The average Bonchev–Trinajstić information content (AvgIpc) is 2.27. The van der Waals surface area contributed by atoms with Crippen LogP contribution in [0.2, 0.25) is 5.02 Å². The summed E-state index contributed by atoms with van der Waals surface area (Å²) in [6.45, 7) is 0. The lowest BCUT2D eigenvalue weighted by Gasteiger charge is -1.94. The molecule has 11 heavy (non-hydrogen) atoms. The standard InChI is InChI=1S/C7H5ClN2O/c8-5-1-4-2-6(11)10-7(4)9-3-5/h1,3H,2H2,(H,9,10,11). The zero-order chi connectivity index (χ0) is 7.84. The third-order valence-corrected chi connectivity index (χ3v) is 1.75. The van der Waals surface area contributed by atoms with Crippen molar-refractivity contribution in [1.82, 2.24) is 4.98 Å². The normalized spacial score (nSPS) is 14.5. The number of fused-ring (bicyclic) bond motifs is 1. The Labute approximate surface area is 68.4 Å². The van der Waals surface area contributed by atoms with Gasteiger partial charge < -0.3 is 5.32 Å². The zero-order valence-corrected chi connectivity index (χ0v) is 6.35. The number of carbonyl (C=O) groups excluding carboxylic acids is 1. The molecular formula is C7H5ClN2O. The van der Waals surface area contributed by atoms with Gasteiger partial charge in [-0.25, -0.2) is 4.98 Å². The molecule has 1 N–H and O–H groups in total. The zero-order valence-electron chi connectivity index (χ0n) is 5.60. The van der Waals surface area contributed by atoms with Gasteiger partial charge in [0, 0.05) is 11.8 Å². The van der Waals surface area contributed by atoms with Gasteiger partial charge in [-0.15, -0.1) is 0 Å². The van der Waals surface area contributed by atoms with E-state index in [1.54, 1.807) is 6.07 Å². The van der Waals surface area contributed by atoms with Crippen LogP contribution in [0.1, 0.15) is 5.56 Å². The van der Waals surface area contributed by atoms with E-state index >= 15 is 0 Å². The van der Waals surface area contributed by atoms with Crippen LogP contribution in [-0.4, -0.2) is 10.9 Å². The molecule has 1 aliphatic rings. The lowest BCUT2D eigenvalue weighted by Crippen LogP contribution is -2.04. The van der Waals surface area contributed by atoms with Crippen molar-refractivity contribution in [2.75, 3.05) is 5.32 Å². The van der Waals surface area contributed by atoms with Crippen LogP contribution in [0, 0.1) is 0 Å². The minimum Gasteiger partial charge on any atom is -0.310 e. The van der Waals surface area contributed by atoms with E-state index in [0.717, 1.165) is 5.56 Å². The highest BCUT2D eigenvalue weighted by molar-refractivity contribution is 6.30. The topological polar surface area (TPSA) is 42.0 Å². The molecule has 3 nitrogen and oxygen atoms in total. The lowest BCUT2D eigenvalue weighted by molar-refractivity contribution is -0.115. The van der Waals surface area contributed by atoms with Gasteiger partial charge in [0.25, 0.3) is 0 Å². The fourth-order valence-corrected chi connectivity index (χ4v) is 1.26. The highest BCUT2D eigenvalue weighted by atomic mass is 35.5. The second kappa shape index (κ2) is 2.20. The first-order valence-electron chi connectivity index (χ1n) is 3.20. The summed E-state index contributed by atoms with van der Waals surface area (Å²) >= 11 is 5.67. The highest BCUT2D eigenvalue weighted by Crippen LogP contribution is 2.22. The number of carbonyl (C=O) groups is 1. The highest BCUT2D eigenvalue weighted by Gasteiger charge is 2.18. The van der Waals surface area contributed by atoms with Crippen LogP contribution in [0.3, 0.4) is 0 Å². The van der Waals surface area contributed by atoms with Crippen molar-refractivity contribution < 1.29 is 4.79 Å². The largest absolute Gasteiger partial charge is 0.310 e. The summed E-state index contributed by atoms with van der Waals surface area (Å²) in [7, 11) is 0. The van der Waals surface area contributed by atoms with Crippen LogP contribution in [-0.2, 0) is 11.2 Å². The van der Waals surface area contributed by atoms with Crippen LogP contribution in [0.25, 0.3) is 0 Å². The first-order chi connectivity index (χ1) is 5.25. The van der Waals surface area contributed by atoms with E-state index in [9.17, 15) is 4.79 Å². The molecule has 0 aliphatic carbocycles. The quantitative estimate of drug-likeness (QED) is 0.633. The first kappa shape index (κ1) is 6.61. The summed E-state index contributed by atoms with van der Waals surface area (Å²) in [6.07, 6.45) is 1.91. The second-order valence-corrected chi connectivity index (χ2v) is 2.82. The Morgan fingerprint density at radius 2 is 2.45 bits per heavy atom. The molecule has 2 rings (SSSR count). The predicted molar refractivity (Wildman–Crippen MR) is 41.6 cm³/mol. The van der Waals surface area contributed by atoms with Crippen LogP contribution >= 0.6 is 11.6 Å². The number of amides is 1. The number of nitrogens with one attached hydrogen (secondary N) is 1. The van der Waals surface area contributed by atoms with Gasteiger partial charge in [0.05, 0.1) is 11.4 Å². The number of nitrogens with zero attached hydrogens (tertiary/aromatic N) is 1. The summed E-state index contributed by atoms with van der Waals surface area (Å²) < 4.78 is 0. The SMILES string of the molecule is O=C1Cc2cc(Cl)cnc2N1. The van der Waals surface area contributed by atoms with Gasteiger partial charge in [0.2, 0.25) is 5.91 Å². The maximum Gasteiger partial charge on any atom is 0.230 e. The Bertz CT molecular complexity index is 324.